The van der Waals surface area contributed by atoms with Crippen LogP contribution in [0.5, 0.6) is 0 Å². The van der Waals surface area contributed by atoms with E-state index >= 15 is 0 Å². The Kier molecular flexibility index (Phi) is 5.10. The molecule has 1 amide bonds. The lowest BCUT2D eigenvalue weighted by Gasteiger charge is -2.28. The van der Waals surface area contributed by atoms with Gasteiger partial charge in [0.1, 0.15) is 0 Å². The summed E-state index contributed by atoms with van der Waals surface area (Å²) < 4.78 is 30.1. The van der Waals surface area contributed by atoms with Crippen molar-refractivity contribution in [3.05, 3.63) is 72.1 Å². The Labute approximate surface area is 170 Å². The van der Waals surface area contributed by atoms with Crippen molar-refractivity contribution < 1.29 is 13.2 Å². The summed E-state index contributed by atoms with van der Waals surface area (Å²) in [7, 11) is -3.72. The molecule has 1 aliphatic rings. The van der Waals surface area contributed by atoms with E-state index in [2.05, 4.69) is 9.82 Å². The fraction of sp³-hybridized carbons (Fsp3) is 0.238. The minimum absolute atomic E-state index is 0.0325. The van der Waals surface area contributed by atoms with Crippen molar-refractivity contribution in [2.75, 3.05) is 16.2 Å². The van der Waals surface area contributed by atoms with E-state index in [1.165, 1.54) is 6.92 Å². The molecule has 2 aromatic carbocycles. The summed E-state index contributed by atoms with van der Waals surface area (Å²) in [6, 6.07) is 14.0. The van der Waals surface area contributed by atoms with Crippen molar-refractivity contribution in [3.8, 4) is 0 Å². The Bertz CT molecular complexity index is 1120. The molecule has 0 fully saturated rings. The van der Waals surface area contributed by atoms with Crippen LogP contribution in [0.1, 0.15) is 24.5 Å². The van der Waals surface area contributed by atoms with Gasteiger partial charge in [-0.25, -0.2) is 8.42 Å². The van der Waals surface area contributed by atoms with Crippen molar-refractivity contribution in [3.63, 3.8) is 0 Å². The summed E-state index contributed by atoms with van der Waals surface area (Å²) >= 11 is 0. The molecule has 150 valence electrons. The topological polar surface area (TPSA) is 84.3 Å². The van der Waals surface area contributed by atoms with Crippen LogP contribution < -0.4 is 9.62 Å². The summed E-state index contributed by atoms with van der Waals surface area (Å²) in [5.41, 5.74) is 3.20. The van der Waals surface area contributed by atoms with Crippen LogP contribution in [0.2, 0.25) is 0 Å². The highest BCUT2D eigenvalue weighted by atomic mass is 32.2. The molecule has 0 radical (unpaired) electrons. The quantitative estimate of drug-likeness (QED) is 0.701. The molecule has 1 N–H and O–H groups in total. The minimum Gasteiger partial charge on any atom is -0.312 e. The van der Waals surface area contributed by atoms with E-state index in [1.54, 1.807) is 46.1 Å². The average molecular weight is 410 g/mol. The molecule has 0 bridgehead atoms. The second-order valence-electron chi connectivity index (χ2n) is 7.07. The van der Waals surface area contributed by atoms with Gasteiger partial charge in [0.05, 0.1) is 11.4 Å². The first kappa shape index (κ1) is 19.2. The molecule has 0 atom stereocenters. The molecular weight excluding hydrogens is 388 g/mol. The predicted molar refractivity (Wildman–Crippen MR) is 111 cm³/mol. The van der Waals surface area contributed by atoms with E-state index in [-0.39, 0.29) is 10.8 Å². The summed E-state index contributed by atoms with van der Waals surface area (Å²) in [6.45, 7) is 2.81. The minimum atomic E-state index is -3.72. The maximum atomic E-state index is 12.8. The normalized spacial score (nSPS) is 13.8. The van der Waals surface area contributed by atoms with Gasteiger partial charge >= 0.3 is 0 Å². The van der Waals surface area contributed by atoms with Gasteiger partial charge in [-0.15, -0.1) is 0 Å². The molecule has 2 heterocycles. The number of fused-ring (bicyclic) bond motifs is 1. The monoisotopic (exact) mass is 410 g/mol. The van der Waals surface area contributed by atoms with E-state index in [0.717, 1.165) is 29.7 Å². The zero-order valence-electron chi connectivity index (χ0n) is 16.1. The summed E-state index contributed by atoms with van der Waals surface area (Å²) in [6.07, 6.45) is 5.17. The van der Waals surface area contributed by atoms with Gasteiger partial charge in [-0.1, -0.05) is 12.1 Å². The number of aromatic nitrogens is 2. The van der Waals surface area contributed by atoms with Crippen LogP contribution in [0.15, 0.2) is 65.8 Å². The standard InChI is InChI=1S/C21H22N4O3S/c1-16(26)25-13-2-4-18-14-20(9-10-21(18)25)29(27,28)23-19-7-5-17(6-8-19)15-24-12-3-11-22-24/h3,5-12,14,23H,2,4,13,15H2,1H3. The van der Waals surface area contributed by atoms with Gasteiger partial charge in [0.25, 0.3) is 10.0 Å². The van der Waals surface area contributed by atoms with Gasteiger partial charge in [-0.2, -0.15) is 5.10 Å². The first-order valence-corrected chi connectivity index (χ1v) is 10.9. The SMILES string of the molecule is CC(=O)N1CCCc2cc(S(=O)(=O)Nc3ccc(Cn4cccn4)cc3)ccc21. The number of nitrogens with one attached hydrogen (secondary N) is 1. The summed E-state index contributed by atoms with van der Waals surface area (Å²) in [4.78, 5) is 13.7. The number of nitrogens with zero attached hydrogens (tertiary/aromatic N) is 3. The predicted octanol–water partition coefficient (Wildman–Crippen LogP) is 3.03. The second kappa shape index (κ2) is 7.71. The van der Waals surface area contributed by atoms with Crippen LogP contribution in [-0.4, -0.2) is 30.7 Å². The number of amides is 1. The van der Waals surface area contributed by atoms with Crippen LogP contribution in [0.4, 0.5) is 11.4 Å². The molecule has 0 spiro atoms. The van der Waals surface area contributed by atoms with Crippen molar-refractivity contribution in [2.24, 2.45) is 0 Å². The average Bonchev–Trinajstić information content (AvgIpc) is 3.21. The number of benzene rings is 2. The largest absolute Gasteiger partial charge is 0.312 e. The van der Waals surface area contributed by atoms with Crippen molar-refractivity contribution >= 4 is 27.3 Å². The molecule has 7 nitrogen and oxygen atoms in total. The van der Waals surface area contributed by atoms with Gasteiger partial charge in [-0.3, -0.25) is 14.2 Å². The second-order valence-corrected chi connectivity index (χ2v) is 8.75. The maximum Gasteiger partial charge on any atom is 0.261 e. The number of sulfonamides is 1. The van der Waals surface area contributed by atoms with Crippen LogP contribution in [0.25, 0.3) is 0 Å². The summed E-state index contributed by atoms with van der Waals surface area (Å²) in [5.74, 6) is -0.0325. The molecular formula is C21H22N4O3S. The van der Waals surface area contributed by atoms with E-state index in [9.17, 15) is 13.2 Å². The molecule has 4 rings (SSSR count). The number of carbonyl (C=O) groups is 1. The number of hydrogen-bond acceptors (Lipinski definition) is 4. The van der Waals surface area contributed by atoms with Crippen LogP contribution in [0.3, 0.4) is 0 Å². The van der Waals surface area contributed by atoms with E-state index < -0.39 is 10.0 Å². The van der Waals surface area contributed by atoms with Gasteiger partial charge in [0, 0.05) is 37.2 Å². The Balaban J connectivity index is 1.52. The first-order valence-electron chi connectivity index (χ1n) is 9.42. The van der Waals surface area contributed by atoms with E-state index in [4.69, 9.17) is 0 Å². The van der Waals surface area contributed by atoms with Crippen molar-refractivity contribution in [1.29, 1.82) is 0 Å². The number of aryl methyl sites for hydroxylation is 1. The molecule has 0 unspecified atom stereocenters. The Morgan fingerprint density at radius 1 is 1.17 bits per heavy atom. The number of carbonyl (C=O) groups excluding carboxylic acids is 1. The number of anilines is 2. The molecule has 0 aliphatic carbocycles. The molecule has 0 saturated carbocycles. The lowest BCUT2D eigenvalue weighted by Crippen LogP contribution is -2.33. The maximum absolute atomic E-state index is 12.8. The molecule has 29 heavy (non-hydrogen) atoms. The van der Waals surface area contributed by atoms with Crippen LogP contribution in [0, 0.1) is 0 Å². The van der Waals surface area contributed by atoms with E-state index in [1.807, 2.05) is 24.4 Å². The zero-order valence-corrected chi connectivity index (χ0v) is 16.9. The highest BCUT2D eigenvalue weighted by Crippen LogP contribution is 2.30. The van der Waals surface area contributed by atoms with Crippen LogP contribution in [-0.2, 0) is 27.8 Å². The fourth-order valence-corrected chi connectivity index (χ4v) is 4.65. The number of rotatable bonds is 5. The summed E-state index contributed by atoms with van der Waals surface area (Å²) in [5, 5.41) is 4.16. The third kappa shape index (κ3) is 4.17. The molecule has 0 saturated heterocycles. The van der Waals surface area contributed by atoms with Gasteiger partial charge in [0.2, 0.25) is 5.91 Å². The highest BCUT2D eigenvalue weighted by Gasteiger charge is 2.23. The highest BCUT2D eigenvalue weighted by molar-refractivity contribution is 7.92. The molecule has 1 aromatic heterocycles. The van der Waals surface area contributed by atoms with Crippen molar-refractivity contribution in [1.82, 2.24) is 9.78 Å². The molecule has 1 aliphatic heterocycles. The smallest absolute Gasteiger partial charge is 0.261 e. The Morgan fingerprint density at radius 2 is 1.97 bits per heavy atom. The lowest BCUT2D eigenvalue weighted by atomic mass is 10.0. The lowest BCUT2D eigenvalue weighted by molar-refractivity contribution is -0.116. The van der Waals surface area contributed by atoms with Gasteiger partial charge < -0.3 is 4.90 Å². The van der Waals surface area contributed by atoms with E-state index in [0.29, 0.717) is 18.8 Å². The van der Waals surface area contributed by atoms with Gasteiger partial charge in [0.15, 0.2) is 0 Å². The molecule has 8 heteroatoms. The number of hydrogen-bond donors (Lipinski definition) is 1. The third-order valence-corrected chi connectivity index (χ3v) is 6.35. The fourth-order valence-electron chi connectivity index (χ4n) is 3.54. The third-order valence-electron chi connectivity index (χ3n) is 4.97. The Morgan fingerprint density at radius 3 is 2.66 bits per heavy atom. The van der Waals surface area contributed by atoms with Gasteiger partial charge in [-0.05, 0) is 60.4 Å². The zero-order chi connectivity index (χ0) is 20.4. The van der Waals surface area contributed by atoms with Crippen molar-refractivity contribution in [2.45, 2.75) is 31.2 Å². The Hall–Kier alpha value is -3.13. The first-order chi connectivity index (χ1) is 13.9. The molecule has 3 aromatic rings. The van der Waals surface area contributed by atoms with Crippen LogP contribution >= 0.6 is 0 Å².